The molecule has 3 N–H and O–H groups in total. The summed E-state index contributed by atoms with van der Waals surface area (Å²) in [5.74, 6) is -0.514. The smallest absolute Gasteiger partial charge is 0.408 e. The molecule has 2 aromatic rings. The zero-order valence-electron chi connectivity index (χ0n) is 19.3. The van der Waals surface area contributed by atoms with Crippen molar-refractivity contribution in [3.63, 3.8) is 0 Å². The molecule has 0 radical (unpaired) electrons. The highest BCUT2D eigenvalue weighted by molar-refractivity contribution is 5.89. The van der Waals surface area contributed by atoms with E-state index < -0.39 is 29.6 Å². The molecule has 0 aliphatic heterocycles. The van der Waals surface area contributed by atoms with Crippen LogP contribution in [0.5, 0.6) is 5.75 Å². The number of amides is 2. The van der Waals surface area contributed by atoms with E-state index in [0.717, 1.165) is 18.4 Å². The summed E-state index contributed by atoms with van der Waals surface area (Å²) >= 11 is 0. The number of alkyl carbamates (subject to hydrolysis) is 1. The second-order valence-electron chi connectivity index (χ2n) is 9.11. The van der Waals surface area contributed by atoms with Gasteiger partial charge in [0.05, 0.1) is 18.7 Å². The van der Waals surface area contributed by atoms with E-state index in [1.54, 1.807) is 57.2 Å². The monoisotopic (exact) mass is 454 g/mol. The quantitative estimate of drug-likeness (QED) is 0.545. The Hall–Kier alpha value is -3.55. The predicted molar refractivity (Wildman–Crippen MR) is 122 cm³/mol. The van der Waals surface area contributed by atoms with Gasteiger partial charge in [0.25, 0.3) is 0 Å². The van der Waals surface area contributed by atoms with Crippen LogP contribution in [0, 0.1) is 5.92 Å². The molecule has 2 aromatic carbocycles. The first kappa shape index (κ1) is 24.1. The maximum atomic E-state index is 13.3. The molecule has 2 amide bonds. The van der Waals surface area contributed by atoms with Crippen molar-refractivity contribution in [2.45, 2.75) is 51.3 Å². The Morgan fingerprint density at radius 1 is 0.939 bits per heavy atom. The van der Waals surface area contributed by atoms with Crippen molar-refractivity contribution < 1.29 is 29.0 Å². The van der Waals surface area contributed by atoms with Gasteiger partial charge in [0, 0.05) is 0 Å². The summed E-state index contributed by atoms with van der Waals surface area (Å²) in [4.78, 5) is 37.5. The van der Waals surface area contributed by atoms with Gasteiger partial charge in [-0.25, -0.2) is 9.59 Å². The largest absolute Gasteiger partial charge is 0.508 e. The Morgan fingerprint density at radius 3 is 2.03 bits per heavy atom. The summed E-state index contributed by atoms with van der Waals surface area (Å²) in [6.45, 7) is 5.22. The van der Waals surface area contributed by atoms with Crippen LogP contribution in [0.4, 0.5) is 4.79 Å². The number of carbonyl (C=O) groups is 3. The van der Waals surface area contributed by atoms with Gasteiger partial charge >= 0.3 is 12.1 Å². The molecule has 8 heteroatoms. The highest BCUT2D eigenvalue weighted by Crippen LogP contribution is 2.41. The highest BCUT2D eigenvalue weighted by Gasteiger charge is 2.36. The van der Waals surface area contributed by atoms with Gasteiger partial charge in [0.15, 0.2) is 0 Å². The number of phenolic OH excluding ortho intramolecular Hbond substituents is 1. The van der Waals surface area contributed by atoms with Gasteiger partial charge in [0.2, 0.25) is 5.91 Å². The zero-order chi connectivity index (χ0) is 24.2. The van der Waals surface area contributed by atoms with Crippen molar-refractivity contribution in [1.29, 1.82) is 0 Å². The third kappa shape index (κ3) is 6.71. The van der Waals surface area contributed by atoms with E-state index in [0.29, 0.717) is 11.1 Å². The fraction of sp³-hybridized carbons (Fsp3) is 0.400. The van der Waals surface area contributed by atoms with E-state index in [9.17, 15) is 19.5 Å². The molecule has 1 fully saturated rings. The van der Waals surface area contributed by atoms with Gasteiger partial charge in [-0.1, -0.05) is 24.3 Å². The minimum Gasteiger partial charge on any atom is -0.508 e. The van der Waals surface area contributed by atoms with E-state index in [1.165, 1.54) is 19.2 Å². The first-order valence-electron chi connectivity index (χ1n) is 10.8. The molecule has 1 aliphatic rings. The van der Waals surface area contributed by atoms with Crippen molar-refractivity contribution >= 4 is 18.0 Å². The molecule has 33 heavy (non-hydrogen) atoms. The normalized spacial score (nSPS) is 15.2. The van der Waals surface area contributed by atoms with Crippen LogP contribution >= 0.6 is 0 Å². The standard InChI is InChI=1S/C25H30N2O6/c1-25(2,3)33-24(31)27-21(17-11-13-19(28)14-12-17)22(29)26-20(15-5-6-15)16-7-9-18(10-8-16)23(30)32-4/h7-15,20-21,28H,5-6H2,1-4H3,(H,26,29)(H,27,31)/t20-,21?/m1/s1. The predicted octanol–water partition coefficient (Wildman–Crippen LogP) is 4.01. The van der Waals surface area contributed by atoms with Crippen LogP contribution < -0.4 is 10.6 Å². The summed E-state index contributed by atoms with van der Waals surface area (Å²) in [5.41, 5.74) is 1.07. The number of carbonyl (C=O) groups excluding carboxylic acids is 3. The molecule has 0 spiro atoms. The van der Waals surface area contributed by atoms with Crippen molar-refractivity contribution in [2.24, 2.45) is 5.92 Å². The first-order chi connectivity index (χ1) is 15.6. The van der Waals surface area contributed by atoms with E-state index in [-0.39, 0.29) is 17.7 Å². The maximum Gasteiger partial charge on any atom is 0.408 e. The fourth-order valence-corrected chi connectivity index (χ4v) is 3.48. The van der Waals surface area contributed by atoms with E-state index in [2.05, 4.69) is 10.6 Å². The Balaban J connectivity index is 1.82. The number of rotatable bonds is 7. The average molecular weight is 455 g/mol. The number of methoxy groups -OCH3 is 1. The van der Waals surface area contributed by atoms with E-state index in [4.69, 9.17) is 9.47 Å². The Bertz CT molecular complexity index is 991. The number of nitrogens with one attached hydrogen (secondary N) is 2. The van der Waals surface area contributed by atoms with Crippen molar-refractivity contribution in [2.75, 3.05) is 7.11 Å². The average Bonchev–Trinajstić information content (AvgIpc) is 3.60. The number of hydrogen-bond donors (Lipinski definition) is 3. The number of benzene rings is 2. The van der Waals surface area contributed by atoms with Crippen molar-refractivity contribution in [1.82, 2.24) is 10.6 Å². The number of hydrogen-bond acceptors (Lipinski definition) is 6. The second kappa shape index (κ2) is 9.94. The molecule has 0 aromatic heterocycles. The number of phenols is 1. The Kier molecular flexibility index (Phi) is 7.26. The summed E-state index contributed by atoms with van der Waals surface area (Å²) < 4.78 is 10.1. The van der Waals surface area contributed by atoms with Crippen molar-refractivity contribution in [3.8, 4) is 5.75 Å². The SMILES string of the molecule is COC(=O)c1ccc([C@H](NC(=O)C(NC(=O)OC(C)(C)C)c2ccc(O)cc2)C2CC2)cc1. The summed E-state index contributed by atoms with van der Waals surface area (Å²) in [5, 5.41) is 15.3. The molecule has 1 unspecified atom stereocenters. The van der Waals surface area contributed by atoms with Gasteiger partial charge in [-0.05, 0) is 74.9 Å². The van der Waals surface area contributed by atoms with Gasteiger partial charge in [-0.2, -0.15) is 0 Å². The van der Waals surface area contributed by atoms with E-state index in [1.807, 2.05) is 0 Å². The maximum absolute atomic E-state index is 13.3. The first-order valence-corrected chi connectivity index (χ1v) is 10.8. The summed E-state index contributed by atoms with van der Waals surface area (Å²) in [6, 6.07) is 11.7. The van der Waals surface area contributed by atoms with Crippen LogP contribution in [0.25, 0.3) is 0 Å². The molecule has 2 atom stereocenters. The molecule has 8 nitrogen and oxygen atoms in total. The minimum atomic E-state index is -1.02. The third-order valence-corrected chi connectivity index (χ3v) is 5.23. The van der Waals surface area contributed by atoms with Gasteiger partial charge in [-0.15, -0.1) is 0 Å². The molecular formula is C25H30N2O6. The van der Waals surface area contributed by atoms with Crippen LogP contribution in [0.3, 0.4) is 0 Å². The van der Waals surface area contributed by atoms with Crippen LogP contribution in [-0.4, -0.2) is 35.8 Å². The molecule has 0 bridgehead atoms. The lowest BCUT2D eigenvalue weighted by atomic mass is 9.99. The molecule has 0 saturated heterocycles. The molecule has 1 aliphatic carbocycles. The highest BCUT2D eigenvalue weighted by atomic mass is 16.6. The van der Waals surface area contributed by atoms with Crippen molar-refractivity contribution in [3.05, 3.63) is 65.2 Å². The van der Waals surface area contributed by atoms with E-state index >= 15 is 0 Å². The molecular weight excluding hydrogens is 424 g/mol. The van der Waals surface area contributed by atoms with Crippen LogP contribution in [-0.2, 0) is 14.3 Å². The molecule has 0 heterocycles. The molecule has 176 valence electrons. The minimum absolute atomic E-state index is 0.0525. The number of esters is 1. The zero-order valence-corrected chi connectivity index (χ0v) is 19.3. The number of ether oxygens (including phenoxy) is 2. The summed E-state index contributed by atoms with van der Waals surface area (Å²) in [7, 11) is 1.32. The summed E-state index contributed by atoms with van der Waals surface area (Å²) in [6.07, 6.45) is 1.21. The Labute approximate surface area is 193 Å². The Morgan fingerprint density at radius 2 is 1.52 bits per heavy atom. The van der Waals surface area contributed by atoms with Gasteiger partial charge in [-0.3, -0.25) is 4.79 Å². The lowest BCUT2D eigenvalue weighted by molar-refractivity contribution is -0.124. The fourth-order valence-electron chi connectivity index (χ4n) is 3.48. The molecule has 1 saturated carbocycles. The lowest BCUT2D eigenvalue weighted by Crippen LogP contribution is -2.43. The van der Waals surface area contributed by atoms with Gasteiger partial charge < -0.3 is 25.2 Å². The lowest BCUT2D eigenvalue weighted by Gasteiger charge is -2.26. The third-order valence-electron chi connectivity index (χ3n) is 5.23. The topological polar surface area (TPSA) is 114 Å². The van der Waals surface area contributed by atoms with Gasteiger partial charge in [0.1, 0.15) is 17.4 Å². The number of aromatic hydroxyl groups is 1. The van der Waals surface area contributed by atoms with Crippen LogP contribution in [0.2, 0.25) is 0 Å². The van der Waals surface area contributed by atoms with Crippen LogP contribution in [0.15, 0.2) is 48.5 Å². The van der Waals surface area contributed by atoms with Crippen LogP contribution in [0.1, 0.15) is 67.2 Å². The second-order valence-corrected chi connectivity index (χ2v) is 9.11. The molecule has 3 rings (SSSR count).